The fraction of sp³-hybridized carbons (Fsp3) is 0.579. The summed E-state index contributed by atoms with van der Waals surface area (Å²) in [6.07, 6.45) is 5.48. The predicted octanol–water partition coefficient (Wildman–Crippen LogP) is 1.28. The van der Waals surface area contributed by atoms with Gasteiger partial charge in [-0.3, -0.25) is 14.3 Å². The van der Waals surface area contributed by atoms with Crippen LogP contribution in [0.15, 0.2) is 23.1 Å². The number of amides is 1. The summed E-state index contributed by atoms with van der Waals surface area (Å²) in [6, 6.07) is 3.36. The lowest BCUT2D eigenvalue weighted by molar-refractivity contribution is 0.0761. The molecule has 0 N–H and O–H groups in total. The van der Waals surface area contributed by atoms with E-state index < -0.39 is 0 Å². The van der Waals surface area contributed by atoms with E-state index in [1.807, 2.05) is 9.47 Å². The normalized spacial score (nSPS) is 18.0. The third kappa shape index (κ3) is 4.12. The molecule has 0 bridgehead atoms. The smallest absolute Gasteiger partial charge is 0.337 e. The lowest BCUT2D eigenvalue weighted by Gasteiger charge is -2.21. The number of nitrogens with zero attached hydrogens (tertiary/aromatic N) is 6. The van der Waals surface area contributed by atoms with Crippen LogP contribution in [-0.2, 0) is 19.5 Å². The number of pyridine rings is 1. The van der Waals surface area contributed by atoms with Gasteiger partial charge in [0.15, 0.2) is 0 Å². The molecule has 150 valence electrons. The Labute approximate surface area is 168 Å². The van der Waals surface area contributed by atoms with E-state index >= 15 is 0 Å². The van der Waals surface area contributed by atoms with Gasteiger partial charge in [0.05, 0.1) is 12.1 Å². The second-order valence-corrected chi connectivity index (χ2v) is 7.77. The Morgan fingerprint density at radius 1 is 1.04 bits per heavy atom. The molecule has 9 heteroatoms. The summed E-state index contributed by atoms with van der Waals surface area (Å²) in [5, 5.41) is 4.89. The van der Waals surface area contributed by atoms with E-state index in [1.54, 1.807) is 16.8 Å². The Hall–Kier alpha value is -2.19. The van der Waals surface area contributed by atoms with Crippen molar-refractivity contribution in [3.63, 3.8) is 0 Å². The number of aromatic nitrogens is 4. The number of halogens is 1. The van der Waals surface area contributed by atoms with Crippen LogP contribution in [0.3, 0.4) is 0 Å². The first-order valence-corrected chi connectivity index (χ1v) is 10.3. The Morgan fingerprint density at radius 2 is 1.93 bits per heavy atom. The summed E-state index contributed by atoms with van der Waals surface area (Å²) in [5.74, 6) is 0.907. The standard InChI is InChI=1S/C19H25ClN6O2/c20-16-6-5-15(14-21-16)18(27)24-8-3-7-23(10-12-24)11-13-26-19(28)25-9-2-1-4-17(25)22-26/h5-6,14H,1-4,7-13H2. The first-order valence-electron chi connectivity index (χ1n) is 9.91. The van der Waals surface area contributed by atoms with Crippen molar-refractivity contribution in [2.75, 3.05) is 32.7 Å². The zero-order valence-electron chi connectivity index (χ0n) is 15.9. The molecule has 4 heterocycles. The molecular weight excluding hydrogens is 380 g/mol. The molecule has 0 radical (unpaired) electrons. The van der Waals surface area contributed by atoms with Gasteiger partial charge in [0.25, 0.3) is 5.91 Å². The largest absolute Gasteiger partial charge is 0.345 e. The zero-order valence-corrected chi connectivity index (χ0v) is 16.6. The molecule has 1 amide bonds. The lowest BCUT2D eigenvalue weighted by Crippen LogP contribution is -2.37. The van der Waals surface area contributed by atoms with Crippen molar-refractivity contribution >= 4 is 17.5 Å². The topological polar surface area (TPSA) is 76.3 Å². The number of carbonyl (C=O) groups is 1. The summed E-state index contributed by atoms with van der Waals surface area (Å²) < 4.78 is 3.42. The highest BCUT2D eigenvalue weighted by Crippen LogP contribution is 2.12. The minimum atomic E-state index is -0.0102. The molecule has 0 aromatic carbocycles. The van der Waals surface area contributed by atoms with Crippen LogP contribution >= 0.6 is 11.6 Å². The highest BCUT2D eigenvalue weighted by molar-refractivity contribution is 6.29. The van der Waals surface area contributed by atoms with Gasteiger partial charge >= 0.3 is 5.69 Å². The molecule has 0 atom stereocenters. The maximum Gasteiger partial charge on any atom is 0.345 e. The van der Waals surface area contributed by atoms with Crippen LogP contribution in [-0.4, -0.2) is 67.8 Å². The van der Waals surface area contributed by atoms with Crippen molar-refractivity contribution in [3.05, 3.63) is 45.4 Å². The van der Waals surface area contributed by atoms with Gasteiger partial charge < -0.3 is 4.90 Å². The highest BCUT2D eigenvalue weighted by Gasteiger charge is 2.21. The third-order valence-electron chi connectivity index (χ3n) is 5.51. The number of fused-ring (bicyclic) bond motifs is 1. The van der Waals surface area contributed by atoms with Gasteiger partial charge in [0, 0.05) is 45.3 Å². The Kier molecular flexibility index (Phi) is 5.77. The van der Waals surface area contributed by atoms with Crippen molar-refractivity contribution in [2.24, 2.45) is 0 Å². The first kappa shape index (κ1) is 19.1. The molecule has 2 aromatic rings. The first-order chi connectivity index (χ1) is 13.6. The minimum Gasteiger partial charge on any atom is -0.337 e. The Balaban J connectivity index is 1.33. The van der Waals surface area contributed by atoms with E-state index in [0.717, 1.165) is 64.2 Å². The molecule has 28 heavy (non-hydrogen) atoms. The SMILES string of the molecule is O=C(c1ccc(Cl)nc1)N1CCCN(CCn2nc3n(c2=O)CCCC3)CC1. The molecule has 2 aliphatic rings. The van der Waals surface area contributed by atoms with Crippen LogP contribution < -0.4 is 5.69 Å². The van der Waals surface area contributed by atoms with Crippen molar-refractivity contribution in [1.29, 1.82) is 0 Å². The molecule has 0 saturated carbocycles. The summed E-state index contributed by atoms with van der Waals surface area (Å²) >= 11 is 5.80. The molecule has 2 aliphatic heterocycles. The second-order valence-electron chi connectivity index (χ2n) is 7.39. The fourth-order valence-electron chi connectivity index (χ4n) is 3.91. The number of carbonyl (C=O) groups excluding carboxylic acids is 1. The lowest BCUT2D eigenvalue weighted by atomic mass is 10.2. The monoisotopic (exact) mass is 404 g/mol. The van der Waals surface area contributed by atoms with E-state index in [0.29, 0.717) is 23.8 Å². The van der Waals surface area contributed by atoms with Gasteiger partial charge in [-0.25, -0.2) is 14.5 Å². The highest BCUT2D eigenvalue weighted by atomic mass is 35.5. The zero-order chi connectivity index (χ0) is 19.5. The van der Waals surface area contributed by atoms with Gasteiger partial charge in [-0.15, -0.1) is 0 Å². The van der Waals surface area contributed by atoms with Crippen LogP contribution in [0.25, 0.3) is 0 Å². The minimum absolute atomic E-state index is 0.0102. The average Bonchev–Trinajstić information content (AvgIpc) is 2.88. The van der Waals surface area contributed by atoms with E-state index in [4.69, 9.17) is 11.6 Å². The van der Waals surface area contributed by atoms with Gasteiger partial charge in [-0.1, -0.05) is 11.6 Å². The van der Waals surface area contributed by atoms with Crippen molar-refractivity contribution in [2.45, 2.75) is 38.8 Å². The number of hydrogen-bond donors (Lipinski definition) is 0. The quantitative estimate of drug-likeness (QED) is 0.717. The van der Waals surface area contributed by atoms with Crippen LogP contribution in [0.5, 0.6) is 0 Å². The fourth-order valence-corrected chi connectivity index (χ4v) is 4.02. The number of rotatable bonds is 4. The average molecular weight is 405 g/mol. The Morgan fingerprint density at radius 3 is 2.71 bits per heavy atom. The van der Waals surface area contributed by atoms with E-state index in [-0.39, 0.29) is 11.6 Å². The van der Waals surface area contributed by atoms with Crippen LogP contribution in [0, 0.1) is 0 Å². The van der Waals surface area contributed by atoms with Gasteiger partial charge in [0.1, 0.15) is 11.0 Å². The van der Waals surface area contributed by atoms with Crippen LogP contribution in [0.4, 0.5) is 0 Å². The summed E-state index contributed by atoms with van der Waals surface area (Å²) in [5.41, 5.74) is 0.574. The van der Waals surface area contributed by atoms with E-state index in [2.05, 4.69) is 15.0 Å². The Bertz CT molecular complexity index is 891. The molecule has 1 saturated heterocycles. The summed E-state index contributed by atoms with van der Waals surface area (Å²) in [6.45, 7) is 5.22. The van der Waals surface area contributed by atoms with E-state index in [9.17, 15) is 9.59 Å². The van der Waals surface area contributed by atoms with E-state index in [1.165, 1.54) is 6.20 Å². The van der Waals surface area contributed by atoms with Crippen molar-refractivity contribution in [3.8, 4) is 0 Å². The molecular formula is C19H25ClN6O2. The molecule has 0 unspecified atom stereocenters. The van der Waals surface area contributed by atoms with Crippen molar-refractivity contribution in [1.82, 2.24) is 29.1 Å². The van der Waals surface area contributed by atoms with Gasteiger partial charge in [0.2, 0.25) is 0 Å². The molecule has 4 rings (SSSR count). The predicted molar refractivity (Wildman–Crippen MR) is 106 cm³/mol. The third-order valence-corrected chi connectivity index (χ3v) is 5.73. The second kappa shape index (κ2) is 8.45. The summed E-state index contributed by atoms with van der Waals surface area (Å²) in [7, 11) is 0. The summed E-state index contributed by atoms with van der Waals surface area (Å²) in [4.78, 5) is 33.3. The molecule has 0 aliphatic carbocycles. The maximum absolute atomic E-state index is 12.7. The van der Waals surface area contributed by atoms with Crippen LogP contribution in [0.1, 0.15) is 35.4 Å². The maximum atomic E-state index is 12.7. The van der Waals surface area contributed by atoms with Crippen molar-refractivity contribution < 1.29 is 4.79 Å². The van der Waals surface area contributed by atoms with Gasteiger partial charge in [-0.05, 0) is 37.9 Å². The number of hydrogen-bond acceptors (Lipinski definition) is 5. The van der Waals surface area contributed by atoms with Crippen LogP contribution in [0.2, 0.25) is 5.15 Å². The molecule has 8 nitrogen and oxygen atoms in total. The molecule has 0 spiro atoms. The number of aryl methyl sites for hydroxylation is 1. The molecule has 2 aromatic heterocycles. The molecule has 1 fully saturated rings. The van der Waals surface area contributed by atoms with Gasteiger partial charge in [-0.2, -0.15) is 5.10 Å².